The predicted molar refractivity (Wildman–Crippen MR) is 95.9 cm³/mol. The summed E-state index contributed by atoms with van der Waals surface area (Å²) < 4.78 is 28.1. The summed E-state index contributed by atoms with van der Waals surface area (Å²) in [7, 11) is -3.62. The Morgan fingerprint density at radius 2 is 1.83 bits per heavy atom. The van der Waals surface area contributed by atoms with Crippen LogP contribution in [0, 0.1) is 0 Å². The number of halogens is 1. The summed E-state index contributed by atoms with van der Waals surface area (Å²) in [6.45, 7) is 0. The van der Waals surface area contributed by atoms with Crippen LogP contribution in [0.2, 0.25) is 5.02 Å². The highest BCUT2D eigenvalue weighted by atomic mass is 35.5. The number of aromatic nitrogens is 1. The van der Waals surface area contributed by atoms with Crippen molar-refractivity contribution in [2.45, 2.75) is 30.2 Å². The molecule has 0 amide bonds. The molecule has 0 bridgehead atoms. The monoisotopic (exact) mass is 360 g/mol. The van der Waals surface area contributed by atoms with E-state index in [1.54, 1.807) is 18.2 Å². The number of rotatable bonds is 3. The van der Waals surface area contributed by atoms with Gasteiger partial charge < -0.3 is 4.98 Å². The van der Waals surface area contributed by atoms with Crippen LogP contribution in [0.25, 0.3) is 10.9 Å². The third-order valence-electron chi connectivity index (χ3n) is 4.54. The molecule has 3 aromatic rings. The molecule has 24 heavy (non-hydrogen) atoms. The molecule has 1 aliphatic carbocycles. The van der Waals surface area contributed by atoms with E-state index < -0.39 is 10.0 Å². The lowest BCUT2D eigenvalue weighted by atomic mass is 9.92. The Bertz CT molecular complexity index is 1010. The number of aryl methyl sites for hydroxylation is 1. The van der Waals surface area contributed by atoms with E-state index in [0.29, 0.717) is 6.42 Å². The molecule has 0 saturated heterocycles. The zero-order valence-corrected chi connectivity index (χ0v) is 14.5. The highest BCUT2D eigenvalue weighted by Gasteiger charge is 2.27. The average Bonchev–Trinajstić information content (AvgIpc) is 2.93. The van der Waals surface area contributed by atoms with E-state index in [9.17, 15) is 8.42 Å². The van der Waals surface area contributed by atoms with Crippen molar-refractivity contribution in [1.82, 2.24) is 9.71 Å². The maximum atomic E-state index is 12.6. The Morgan fingerprint density at radius 1 is 1.08 bits per heavy atom. The van der Waals surface area contributed by atoms with Crippen LogP contribution in [0.5, 0.6) is 0 Å². The molecule has 4 nitrogen and oxygen atoms in total. The molecule has 0 spiro atoms. The number of hydrogen-bond donors (Lipinski definition) is 2. The van der Waals surface area contributed by atoms with Gasteiger partial charge in [-0.2, -0.15) is 0 Å². The molecule has 1 atom stereocenters. The third-order valence-corrected chi connectivity index (χ3v) is 6.56. The van der Waals surface area contributed by atoms with Crippen molar-refractivity contribution >= 4 is 32.5 Å². The molecular weight excluding hydrogens is 344 g/mol. The van der Waals surface area contributed by atoms with E-state index in [1.807, 2.05) is 12.1 Å². The third kappa shape index (κ3) is 2.73. The van der Waals surface area contributed by atoms with Crippen LogP contribution in [-0.4, -0.2) is 19.4 Å². The summed E-state index contributed by atoms with van der Waals surface area (Å²) in [6, 6.07) is 14.5. The fourth-order valence-corrected chi connectivity index (χ4v) is 5.21. The molecule has 2 aromatic carbocycles. The Hall–Kier alpha value is -1.82. The first kappa shape index (κ1) is 15.7. The number of aromatic amines is 1. The molecule has 1 aromatic heterocycles. The van der Waals surface area contributed by atoms with E-state index in [4.69, 9.17) is 11.6 Å². The van der Waals surface area contributed by atoms with Crippen LogP contribution in [0.4, 0.5) is 0 Å². The number of hydrogen-bond acceptors (Lipinski definition) is 2. The summed E-state index contributed by atoms with van der Waals surface area (Å²) >= 11 is 6.04. The number of fused-ring (bicyclic) bond motifs is 3. The van der Waals surface area contributed by atoms with Gasteiger partial charge in [-0.15, -0.1) is 0 Å². The molecule has 1 heterocycles. The second-order valence-corrected chi connectivity index (χ2v) is 8.21. The second-order valence-electron chi connectivity index (χ2n) is 6.12. The van der Waals surface area contributed by atoms with Gasteiger partial charge in [0.15, 0.2) is 0 Å². The number of sulfonamides is 1. The normalized spacial score (nSPS) is 17.8. The SMILES string of the molecule is O=S(=O)(NC1CCc2[nH]c3ccccc3c2C1)c1ccccc1Cl. The molecule has 0 radical (unpaired) electrons. The highest BCUT2D eigenvalue weighted by molar-refractivity contribution is 7.89. The Labute approximate surface area is 145 Å². The van der Waals surface area contributed by atoms with E-state index in [0.717, 1.165) is 18.4 Å². The summed E-state index contributed by atoms with van der Waals surface area (Å²) in [4.78, 5) is 3.58. The molecule has 6 heteroatoms. The van der Waals surface area contributed by atoms with E-state index in [1.165, 1.54) is 22.7 Å². The van der Waals surface area contributed by atoms with Gasteiger partial charge in [-0.3, -0.25) is 0 Å². The second kappa shape index (κ2) is 5.92. The number of benzene rings is 2. The van der Waals surface area contributed by atoms with Crippen molar-refractivity contribution in [2.24, 2.45) is 0 Å². The molecule has 0 fully saturated rings. The van der Waals surface area contributed by atoms with Crippen LogP contribution in [0.1, 0.15) is 17.7 Å². The Balaban J connectivity index is 1.62. The van der Waals surface area contributed by atoms with Crippen LogP contribution in [0.3, 0.4) is 0 Å². The summed E-state index contributed by atoms with van der Waals surface area (Å²) in [6.07, 6.45) is 2.28. The van der Waals surface area contributed by atoms with Crippen LogP contribution in [0.15, 0.2) is 53.4 Å². The minimum atomic E-state index is -3.62. The van der Waals surface area contributed by atoms with Gasteiger partial charge >= 0.3 is 0 Å². The maximum absolute atomic E-state index is 12.6. The number of para-hydroxylation sites is 1. The topological polar surface area (TPSA) is 62.0 Å². The average molecular weight is 361 g/mol. The van der Waals surface area contributed by atoms with Gasteiger partial charge in [-0.1, -0.05) is 41.9 Å². The van der Waals surface area contributed by atoms with Gasteiger partial charge in [0.05, 0.1) is 5.02 Å². The fourth-order valence-electron chi connectivity index (χ4n) is 3.42. The van der Waals surface area contributed by atoms with Crippen molar-refractivity contribution in [3.63, 3.8) is 0 Å². The summed E-state index contributed by atoms with van der Waals surface area (Å²) in [5.41, 5.74) is 3.53. The first-order valence-corrected chi connectivity index (χ1v) is 9.76. The van der Waals surface area contributed by atoms with Crippen LogP contribution in [-0.2, 0) is 22.9 Å². The lowest BCUT2D eigenvalue weighted by Crippen LogP contribution is -2.38. The summed E-state index contributed by atoms with van der Waals surface area (Å²) in [5.74, 6) is 0. The zero-order valence-electron chi connectivity index (χ0n) is 12.9. The smallest absolute Gasteiger partial charge is 0.242 e. The molecular formula is C18H17ClN2O2S. The predicted octanol–water partition coefficient (Wildman–Crippen LogP) is 3.66. The largest absolute Gasteiger partial charge is 0.358 e. The van der Waals surface area contributed by atoms with Gasteiger partial charge in [-0.25, -0.2) is 13.1 Å². The minimum Gasteiger partial charge on any atom is -0.358 e. The zero-order chi connectivity index (χ0) is 16.7. The molecule has 4 rings (SSSR count). The molecule has 2 N–H and O–H groups in total. The number of H-pyrrole nitrogens is 1. The molecule has 1 aliphatic rings. The highest BCUT2D eigenvalue weighted by Crippen LogP contribution is 2.30. The van der Waals surface area contributed by atoms with Gasteiger partial charge in [0, 0.05) is 22.6 Å². The molecule has 0 aliphatic heterocycles. The van der Waals surface area contributed by atoms with Gasteiger partial charge in [0.25, 0.3) is 0 Å². The Morgan fingerprint density at radius 3 is 2.67 bits per heavy atom. The van der Waals surface area contributed by atoms with Crippen molar-refractivity contribution in [2.75, 3.05) is 0 Å². The molecule has 124 valence electrons. The van der Waals surface area contributed by atoms with Crippen LogP contribution >= 0.6 is 11.6 Å². The van der Waals surface area contributed by atoms with Crippen molar-refractivity contribution in [1.29, 1.82) is 0 Å². The number of nitrogens with one attached hydrogen (secondary N) is 2. The van der Waals surface area contributed by atoms with E-state index in [-0.39, 0.29) is 16.0 Å². The summed E-state index contributed by atoms with van der Waals surface area (Å²) in [5, 5.41) is 1.42. The van der Waals surface area contributed by atoms with Gasteiger partial charge in [-0.05, 0) is 43.0 Å². The van der Waals surface area contributed by atoms with Gasteiger partial charge in [0.1, 0.15) is 4.90 Å². The van der Waals surface area contributed by atoms with Crippen molar-refractivity contribution in [3.8, 4) is 0 Å². The maximum Gasteiger partial charge on any atom is 0.242 e. The first-order valence-electron chi connectivity index (χ1n) is 7.90. The van der Waals surface area contributed by atoms with E-state index >= 15 is 0 Å². The molecule has 1 unspecified atom stereocenters. The van der Waals surface area contributed by atoms with Crippen LogP contribution < -0.4 is 4.72 Å². The fraction of sp³-hybridized carbons (Fsp3) is 0.222. The van der Waals surface area contributed by atoms with Crippen molar-refractivity contribution < 1.29 is 8.42 Å². The molecule has 0 saturated carbocycles. The van der Waals surface area contributed by atoms with E-state index in [2.05, 4.69) is 21.8 Å². The Kier molecular flexibility index (Phi) is 3.87. The lowest BCUT2D eigenvalue weighted by molar-refractivity contribution is 0.506. The minimum absolute atomic E-state index is 0.127. The quantitative estimate of drug-likeness (QED) is 0.748. The standard InChI is InChI=1S/C18H17ClN2O2S/c19-15-6-2-4-8-18(15)24(22,23)21-12-9-10-17-14(11-12)13-5-1-3-7-16(13)20-17/h1-8,12,20-21H,9-11H2. The first-order chi connectivity index (χ1) is 11.5. The lowest BCUT2D eigenvalue weighted by Gasteiger charge is -2.23. The van der Waals surface area contributed by atoms with Gasteiger partial charge in [0.2, 0.25) is 10.0 Å². The van der Waals surface area contributed by atoms with Crippen molar-refractivity contribution in [3.05, 3.63) is 64.8 Å².